The molecular formula is C16H23ClN3O5SSi. The maximum absolute atomic E-state index is 12.2. The Morgan fingerprint density at radius 3 is 2.63 bits per heavy atom. The van der Waals surface area contributed by atoms with Crippen LogP contribution >= 0.6 is 22.9 Å². The van der Waals surface area contributed by atoms with Crippen molar-refractivity contribution in [1.82, 2.24) is 4.98 Å². The van der Waals surface area contributed by atoms with Crippen molar-refractivity contribution in [2.45, 2.75) is 45.1 Å². The molecule has 0 aliphatic heterocycles. The predicted octanol–water partition coefficient (Wildman–Crippen LogP) is 2.81. The number of aromatic nitrogens is 1. The number of alkyl halides is 1. The second kappa shape index (κ2) is 9.95. The van der Waals surface area contributed by atoms with E-state index in [2.05, 4.69) is 35.1 Å². The highest BCUT2D eigenvalue weighted by atomic mass is 35.5. The molecule has 0 aromatic carbocycles. The molecule has 1 N–H and O–H groups in total. The van der Waals surface area contributed by atoms with Crippen LogP contribution < -0.4 is 5.32 Å². The van der Waals surface area contributed by atoms with Gasteiger partial charge in [-0.25, -0.2) is 9.78 Å². The third kappa shape index (κ3) is 8.18. The van der Waals surface area contributed by atoms with Crippen LogP contribution in [0.25, 0.3) is 0 Å². The summed E-state index contributed by atoms with van der Waals surface area (Å²) in [4.78, 5) is 43.8. The molecule has 0 unspecified atom stereocenters. The third-order valence-corrected chi connectivity index (χ3v) is 5.86. The van der Waals surface area contributed by atoms with E-state index in [0.29, 0.717) is 6.61 Å². The Kier molecular flexibility index (Phi) is 8.57. The maximum Gasteiger partial charge on any atom is 0.352 e. The van der Waals surface area contributed by atoms with Crippen LogP contribution in [0.15, 0.2) is 10.5 Å². The number of hydrogen-bond acceptors (Lipinski definition) is 8. The monoisotopic (exact) mass is 432 g/mol. The van der Waals surface area contributed by atoms with Gasteiger partial charge in [-0.3, -0.25) is 9.59 Å². The molecule has 1 amide bonds. The Labute approximate surface area is 168 Å². The molecule has 1 aromatic heterocycles. The van der Waals surface area contributed by atoms with Crippen molar-refractivity contribution in [2.75, 3.05) is 17.8 Å². The van der Waals surface area contributed by atoms with Gasteiger partial charge in [0.25, 0.3) is 6.29 Å². The molecule has 0 saturated carbocycles. The molecule has 1 radical (unpaired) electrons. The largest absolute Gasteiger partial charge is 0.463 e. The molecule has 149 valence electrons. The Balaban J connectivity index is 2.74. The topological polar surface area (TPSA) is 107 Å². The molecule has 1 heterocycles. The van der Waals surface area contributed by atoms with Crippen molar-refractivity contribution in [3.63, 3.8) is 0 Å². The predicted molar refractivity (Wildman–Crippen MR) is 108 cm³/mol. The molecule has 0 aliphatic carbocycles. The Morgan fingerprint density at radius 2 is 2.07 bits per heavy atom. The quantitative estimate of drug-likeness (QED) is 0.200. The molecule has 0 atom stereocenters. The lowest BCUT2D eigenvalue weighted by atomic mass is 10.1. The number of anilines is 1. The first-order valence-electron chi connectivity index (χ1n) is 8.12. The summed E-state index contributed by atoms with van der Waals surface area (Å²) in [6.07, 6.45) is 1.61. The molecule has 27 heavy (non-hydrogen) atoms. The van der Waals surface area contributed by atoms with Crippen molar-refractivity contribution in [3.05, 3.63) is 11.1 Å². The molecule has 0 fully saturated rings. The third-order valence-electron chi connectivity index (χ3n) is 3.15. The zero-order valence-corrected chi connectivity index (χ0v) is 18.5. The number of oxime groups is 1. The van der Waals surface area contributed by atoms with Crippen molar-refractivity contribution in [1.29, 1.82) is 0 Å². The standard InChI is InChI=1S/C16H23ClN3O5SSi/c1-16(2,14(23)24-6-7-27(3,4)5)25-20-11(9-21)12-10-26-15(18-12)19-13(22)8-17/h10H,6-8H2,1-5H3,(H,18,19,22). The summed E-state index contributed by atoms with van der Waals surface area (Å²) < 4.78 is 5.24. The van der Waals surface area contributed by atoms with E-state index in [1.54, 1.807) is 6.29 Å². The van der Waals surface area contributed by atoms with Gasteiger partial charge in [-0.2, -0.15) is 0 Å². The molecule has 0 aliphatic rings. The fourth-order valence-corrected chi connectivity index (χ4v) is 3.02. The highest BCUT2D eigenvalue weighted by molar-refractivity contribution is 7.14. The average Bonchev–Trinajstić information content (AvgIpc) is 3.02. The van der Waals surface area contributed by atoms with Crippen LogP contribution in [0.1, 0.15) is 19.5 Å². The molecule has 1 aromatic rings. The van der Waals surface area contributed by atoms with Crippen LogP contribution in [0, 0.1) is 0 Å². The van der Waals surface area contributed by atoms with E-state index in [1.807, 2.05) is 0 Å². The van der Waals surface area contributed by atoms with E-state index in [0.717, 1.165) is 17.4 Å². The smallest absolute Gasteiger partial charge is 0.352 e. The SMILES string of the molecule is CC(C)(ON=C([C]=O)c1csc(NC(=O)CCl)n1)C(=O)OCC[Si](C)(C)C. The minimum absolute atomic E-state index is 0.155. The molecular weight excluding hydrogens is 410 g/mol. The zero-order valence-electron chi connectivity index (χ0n) is 15.9. The molecule has 11 heteroatoms. The summed E-state index contributed by atoms with van der Waals surface area (Å²) in [5.41, 5.74) is -1.46. The fourth-order valence-electron chi connectivity index (χ4n) is 1.53. The van der Waals surface area contributed by atoms with Gasteiger partial charge >= 0.3 is 5.97 Å². The Morgan fingerprint density at radius 1 is 1.41 bits per heavy atom. The number of rotatable bonds is 10. The summed E-state index contributed by atoms with van der Waals surface area (Å²) in [7, 11) is -1.32. The van der Waals surface area contributed by atoms with Gasteiger partial charge in [-0.05, 0) is 19.9 Å². The van der Waals surface area contributed by atoms with Gasteiger partial charge in [-0.1, -0.05) is 24.8 Å². The van der Waals surface area contributed by atoms with E-state index in [9.17, 15) is 14.4 Å². The number of esters is 1. The van der Waals surface area contributed by atoms with Gasteiger partial charge in [0.15, 0.2) is 10.8 Å². The number of hydrogen-bond donors (Lipinski definition) is 1. The van der Waals surface area contributed by atoms with E-state index >= 15 is 0 Å². The average molecular weight is 433 g/mol. The molecule has 1 rings (SSSR count). The summed E-state index contributed by atoms with van der Waals surface area (Å²) in [5.74, 6) is -1.22. The number of ether oxygens (including phenoxy) is 1. The Hall–Kier alpha value is -1.78. The number of halogens is 1. The summed E-state index contributed by atoms with van der Waals surface area (Å²) >= 11 is 6.49. The lowest BCUT2D eigenvalue weighted by Gasteiger charge is -2.22. The van der Waals surface area contributed by atoms with Crippen LogP contribution in [0.5, 0.6) is 0 Å². The van der Waals surface area contributed by atoms with Gasteiger partial charge in [0, 0.05) is 13.5 Å². The number of nitrogens with one attached hydrogen (secondary N) is 1. The second-order valence-corrected chi connectivity index (χ2v) is 14.1. The summed E-state index contributed by atoms with van der Waals surface area (Å²) in [5, 5.41) is 7.89. The van der Waals surface area contributed by atoms with Crippen LogP contribution in [0.2, 0.25) is 25.7 Å². The minimum Gasteiger partial charge on any atom is -0.463 e. The number of carbonyl (C=O) groups is 2. The van der Waals surface area contributed by atoms with Gasteiger partial charge in [-0.15, -0.1) is 22.9 Å². The fraction of sp³-hybridized carbons (Fsp3) is 0.562. The highest BCUT2D eigenvalue weighted by Crippen LogP contribution is 2.18. The lowest BCUT2D eigenvalue weighted by molar-refractivity contribution is -0.167. The van der Waals surface area contributed by atoms with Crippen molar-refractivity contribution >= 4 is 60.0 Å². The summed E-state index contributed by atoms with van der Waals surface area (Å²) in [6.45, 7) is 9.82. The first kappa shape index (κ1) is 23.3. The zero-order chi connectivity index (χ0) is 20.7. The van der Waals surface area contributed by atoms with Crippen LogP contribution in [-0.4, -0.2) is 55.0 Å². The van der Waals surface area contributed by atoms with Crippen LogP contribution in [0.3, 0.4) is 0 Å². The number of carbonyl (C=O) groups excluding carboxylic acids is 3. The Bertz CT molecular complexity index is 715. The van der Waals surface area contributed by atoms with Crippen LogP contribution in [0.4, 0.5) is 5.13 Å². The van der Waals surface area contributed by atoms with E-state index in [-0.39, 0.29) is 22.4 Å². The van der Waals surface area contributed by atoms with Crippen molar-refractivity contribution in [2.24, 2.45) is 5.16 Å². The van der Waals surface area contributed by atoms with Gasteiger partial charge in [0.2, 0.25) is 11.5 Å². The van der Waals surface area contributed by atoms with Gasteiger partial charge in [0.05, 0.1) is 6.61 Å². The number of nitrogens with zero attached hydrogens (tertiary/aromatic N) is 2. The summed E-state index contributed by atoms with van der Waals surface area (Å²) in [6, 6.07) is 0.834. The molecule has 0 spiro atoms. The van der Waals surface area contributed by atoms with Crippen molar-refractivity contribution in [3.8, 4) is 0 Å². The maximum atomic E-state index is 12.2. The normalized spacial score (nSPS) is 12.4. The minimum atomic E-state index is -1.38. The molecule has 0 saturated heterocycles. The van der Waals surface area contributed by atoms with E-state index in [1.165, 1.54) is 19.2 Å². The molecule has 8 nitrogen and oxygen atoms in total. The highest BCUT2D eigenvalue weighted by Gasteiger charge is 2.33. The van der Waals surface area contributed by atoms with E-state index in [4.69, 9.17) is 21.2 Å². The number of amides is 1. The first-order valence-corrected chi connectivity index (χ1v) is 13.2. The first-order chi connectivity index (χ1) is 12.5. The molecule has 0 bridgehead atoms. The number of thiazole rings is 1. The van der Waals surface area contributed by atoms with Crippen LogP contribution in [-0.2, 0) is 24.0 Å². The van der Waals surface area contributed by atoms with Gasteiger partial charge < -0.3 is 14.9 Å². The van der Waals surface area contributed by atoms with E-state index < -0.39 is 25.6 Å². The lowest BCUT2D eigenvalue weighted by Crippen LogP contribution is -2.36. The van der Waals surface area contributed by atoms with Crippen molar-refractivity contribution < 1.29 is 24.0 Å². The van der Waals surface area contributed by atoms with Gasteiger partial charge in [0.1, 0.15) is 11.6 Å². The second-order valence-electron chi connectivity index (χ2n) is 7.31.